The standard InChI is InChI=1S/C16H34N2/c1-6-14(2)18(5)13-12-17-15-8-7-10-16(3,4)11-9-15/h14-15,17H,6-13H2,1-5H3. The quantitative estimate of drug-likeness (QED) is 0.728. The van der Waals surface area contributed by atoms with E-state index in [-0.39, 0.29) is 0 Å². The first-order valence-electron chi connectivity index (χ1n) is 7.88. The van der Waals surface area contributed by atoms with Gasteiger partial charge in [0.1, 0.15) is 0 Å². The molecule has 1 aliphatic rings. The molecule has 1 fully saturated rings. The third kappa shape index (κ3) is 5.71. The van der Waals surface area contributed by atoms with Crippen LogP contribution in [0.15, 0.2) is 0 Å². The van der Waals surface area contributed by atoms with Crippen LogP contribution in [0, 0.1) is 5.41 Å². The number of hydrogen-bond acceptors (Lipinski definition) is 2. The van der Waals surface area contributed by atoms with Crippen LogP contribution < -0.4 is 5.32 Å². The molecule has 108 valence electrons. The average molecular weight is 254 g/mol. The first-order chi connectivity index (χ1) is 8.44. The molecular weight excluding hydrogens is 220 g/mol. The van der Waals surface area contributed by atoms with E-state index in [0.717, 1.165) is 12.6 Å². The molecular formula is C16H34N2. The lowest BCUT2D eigenvalue weighted by Crippen LogP contribution is -2.38. The number of likely N-dealkylation sites (N-methyl/N-ethyl adjacent to an activating group) is 1. The van der Waals surface area contributed by atoms with Crippen LogP contribution in [-0.2, 0) is 0 Å². The van der Waals surface area contributed by atoms with E-state index in [2.05, 4.69) is 45.0 Å². The number of rotatable bonds is 6. The zero-order valence-corrected chi connectivity index (χ0v) is 13.3. The second-order valence-electron chi connectivity index (χ2n) is 6.98. The molecule has 2 heteroatoms. The number of nitrogens with zero attached hydrogens (tertiary/aromatic N) is 1. The lowest BCUT2D eigenvalue weighted by molar-refractivity contribution is 0.245. The summed E-state index contributed by atoms with van der Waals surface area (Å²) in [6, 6.07) is 1.47. The third-order valence-electron chi connectivity index (χ3n) is 4.82. The van der Waals surface area contributed by atoms with E-state index in [9.17, 15) is 0 Å². The van der Waals surface area contributed by atoms with E-state index >= 15 is 0 Å². The molecule has 2 atom stereocenters. The molecule has 0 amide bonds. The molecule has 0 spiro atoms. The molecule has 0 heterocycles. The van der Waals surface area contributed by atoms with E-state index < -0.39 is 0 Å². The van der Waals surface area contributed by atoms with Gasteiger partial charge >= 0.3 is 0 Å². The monoisotopic (exact) mass is 254 g/mol. The van der Waals surface area contributed by atoms with Gasteiger partial charge in [-0.1, -0.05) is 27.2 Å². The maximum absolute atomic E-state index is 3.77. The average Bonchev–Trinajstić information content (AvgIpc) is 2.49. The van der Waals surface area contributed by atoms with Crippen molar-refractivity contribution in [1.82, 2.24) is 10.2 Å². The summed E-state index contributed by atoms with van der Waals surface area (Å²) in [4.78, 5) is 2.47. The van der Waals surface area contributed by atoms with Gasteiger partial charge in [-0.25, -0.2) is 0 Å². The predicted molar refractivity (Wildman–Crippen MR) is 81.0 cm³/mol. The van der Waals surface area contributed by atoms with Crippen molar-refractivity contribution < 1.29 is 0 Å². The smallest absolute Gasteiger partial charge is 0.0107 e. The van der Waals surface area contributed by atoms with E-state index in [0.29, 0.717) is 11.5 Å². The minimum atomic E-state index is 0.573. The van der Waals surface area contributed by atoms with Crippen LogP contribution in [0.1, 0.15) is 66.2 Å². The minimum absolute atomic E-state index is 0.573. The normalized spacial score (nSPS) is 26.0. The molecule has 1 rings (SSSR count). The Kier molecular flexibility index (Phi) is 6.65. The van der Waals surface area contributed by atoms with Crippen molar-refractivity contribution in [3.8, 4) is 0 Å². The summed E-state index contributed by atoms with van der Waals surface area (Å²) in [5.41, 5.74) is 0.573. The molecule has 0 aliphatic heterocycles. The van der Waals surface area contributed by atoms with Crippen LogP contribution in [0.25, 0.3) is 0 Å². The van der Waals surface area contributed by atoms with Crippen molar-refractivity contribution in [3.63, 3.8) is 0 Å². The molecule has 0 bridgehead atoms. The number of nitrogens with one attached hydrogen (secondary N) is 1. The molecule has 1 saturated carbocycles. The Morgan fingerprint density at radius 1 is 1.28 bits per heavy atom. The van der Waals surface area contributed by atoms with Crippen LogP contribution in [0.4, 0.5) is 0 Å². The number of hydrogen-bond donors (Lipinski definition) is 1. The maximum atomic E-state index is 3.77. The predicted octanol–water partition coefficient (Wildman–Crippen LogP) is 3.67. The van der Waals surface area contributed by atoms with Crippen LogP contribution >= 0.6 is 0 Å². The Hall–Kier alpha value is -0.0800. The summed E-state index contributed by atoms with van der Waals surface area (Å²) in [5, 5.41) is 3.77. The first-order valence-corrected chi connectivity index (χ1v) is 7.88. The van der Waals surface area contributed by atoms with Gasteiger partial charge in [-0.3, -0.25) is 0 Å². The highest BCUT2D eigenvalue weighted by atomic mass is 15.1. The van der Waals surface area contributed by atoms with Crippen molar-refractivity contribution in [3.05, 3.63) is 0 Å². The Morgan fingerprint density at radius 2 is 2.00 bits per heavy atom. The zero-order valence-electron chi connectivity index (χ0n) is 13.3. The maximum Gasteiger partial charge on any atom is 0.0107 e. The lowest BCUT2D eigenvalue weighted by atomic mass is 9.85. The molecule has 2 unspecified atom stereocenters. The largest absolute Gasteiger partial charge is 0.313 e. The zero-order chi connectivity index (χ0) is 13.6. The van der Waals surface area contributed by atoms with E-state index in [4.69, 9.17) is 0 Å². The van der Waals surface area contributed by atoms with Gasteiger partial charge in [-0.15, -0.1) is 0 Å². The summed E-state index contributed by atoms with van der Waals surface area (Å²) in [5.74, 6) is 0. The van der Waals surface area contributed by atoms with E-state index in [1.165, 1.54) is 45.1 Å². The molecule has 0 aromatic rings. The molecule has 0 aromatic carbocycles. The minimum Gasteiger partial charge on any atom is -0.313 e. The van der Waals surface area contributed by atoms with Gasteiger partial charge in [0.05, 0.1) is 0 Å². The molecule has 0 saturated heterocycles. The van der Waals surface area contributed by atoms with Crippen molar-refractivity contribution in [2.24, 2.45) is 5.41 Å². The van der Waals surface area contributed by atoms with E-state index in [1.54, 1.807) is 0 Å². The van der Waals surface area contributed by atoms with Crippen LogP contribution in [0.2, 0.25) is 0 Å². The fourth-order valence-corrected chi connectivity index (χ4v) is 2.84. The molecule has 18 heavy (non-hydrogen) atoms. The summed E-state index contributed by atoms with van der Waals surface area (Å²) >= 11 is 0. The summed E-state index contributed by atoms with van der Waals surface area (Å²) in [7, 11) is 2.24. The van der Waals surface area contributed by atoms with Gasteiger partial charge in [0, 0.05) is 25.2 Å². The van der Waals surface area contributed by atoms with Crippen molar-refractivity contribution in [2.45, 2.75) is 78.3 Å². The van der Waals surface area contributed by atoms with Crippen molar-refractivity contribution in [2.75, 3.05) is 20.1 Å². The SMILES string of the molecule is CCC(C)N(C)CCNC1CCCC(C)(C)CC1. The fraction of sp³-hybridized carbons (Fsp3) is 1.00. The van der Waals surface area contributed by atoms with Gasteiger partial charge in [-0.05, 0) is 51.5 Å². The third-order valence-corrected chi connectivity index (χ3v) is 4.82. The Balaban J connectivity index is 2.19. The van der Waals surface area contributed by atoms with Crippen LogP contribution in [0.3, 0.4) is 0 Å². The Labute approximate surface area is 115 Å². The molecule has 0 radical (unpaired) electrons. The summed E-state index contributed by atoms with van der Waals surface area (Å²) in [6.45, 7) is 11.7. The van der Waals surface area contributed by atoms with Crippen molar-refractivity contribution >= 4 is 0 Å². The van der Waals surface area contributed by atoms with Gasteiger partial charge in [0.15, 0.2) is 0 Å². The Morgan fingerprint density at radius 3 is 2.67 bits per heavy atom. The summed E-state index contributed by atoms with van der Waals surface area (Å²) < 4.78 is 0. The molecule has 2 nitrogen and oxygen atoms in total. The van der Waals surface area contributed by atoms with E-state index in [1.807, 2.05) is 0 Å². The second-order valence-corrected chi connectivity index (χ2v) is 6.98. The lowest BCUT2D eigenvalue weighted by Gasteiger charge is -2.25. The van der Waals surface area contributed by atoms with Crippen molar-refractivity contribution in [1.29, 1.82) is 0 Å². The van der Waals surface area contributed by atoms with Crippen LogP contribution in [-0.4, -0.2) is 37.1 Å². The Bertz CT molecular complexity index is 225. The van der Waals surface area contributed by atoms with Gasteiger partial charge in [0.2, 0.25) is 0 Å². The van der Waals surface area contributed by atoms with Gasteiger partial charge in [0.25, 0.3) is 0 Å². The highest BCUT2D eigenvalue weighted by Crippen LogP contribution is 2.33. The van der Waals surface area contributed by atoms with Gasteiger partial charge < -0.3 is 10.2 Å². The highest BCUT2D eigenvalue weighted by Gasteiger charge is 2.23. The first kappa shape index (κ1) is 16.0. The second kappa shape index (κ2) is 7.49. The van der Waals surface area contributed by atoms with Crippen LogP contribution in [0.5, 0.6) is 0 Å². The molecule has 1 N–H and O–H groups in total. The highest BCUT2D eigenvalue weighted by molar-refractivity contribution is 4.79. The van der Waals surface area contributed by atoms with Gasteiger partial charge in [-0.2, -0.15) is 0 Å². The summed E-state index contributed by atoms with van der Waals surface area (Å²) in [6.07, 6.45) is 8.15. The molecule has 0 aromatic heterocycles. The molecule has 1 aliphatic carbocycles. The topological polar surface area (TPSA) is 15.3 Å². The fourth-order valence-electron chi connectivity index (χ4n) is 2.84.